The molecule has 2 saturated heterocycles. The summed E-state index contributed by atoms with van der Waals surface area (Å²) in [6.07, 6.45) is 7.02. The van der Waals surface area contributed by atoms with Crippen LogP contribution >= 0.6 is 0 Å². The summed E-state index contributed by atoms with van der Waals surface area (Å²) in [6, 6.07) is 5.85. The number of hydrogen-bond donors (Lipinski definition) is 0. The predicted molar refractivity (Wildman–Crippen MR) is 115 cm³/mol. The number of rotatable bonds is 4. The molecule has 2 fully saturated rings. The Hall–Kier alpha value is -2.24. The zero-order valence-electron chi connectivity index (χ0n) is 18.3. The van der Waals surface area contributed by atoms with Crippen molar-refractivity contribution in [3.05, 3.63) is 23.8 Å². The maximum absolute atomic E-state index is 12.8. The second-order valence-electron chi connectivity index (χ2n) is 9.47. The number of amides is 2. The lowest BCUT2D eigenvalue weighted by Crippen LogP contribution is -2.45. The highest BCUT2D eigenvalue weighted by Gasteiger charge is 2.33. The molecule has 0 aromatic heterocycles. The minimum Gasteiger partial charge on any atom is -0.483 e. The first-order valence-corrected chi connectivity index (χ1v) is 11.4. The third-order valence-corrected chi connectivity index (χ3v) is 6.52. The summed E-state index contributed by atoms with van der Waals surface area (Å²) in [7, 11) is 0. The third kappa shape index (κ3) is 4.73. The number of nitrogens with zero attached hydrogens (tertiary/aromatic N) is 2. The molecule has 0 radical (unpaired) electrons. The van der Waals surface area contributed by atoms with Crippen LogP contribution in [0.3, 0.4) is 0 Å². The summed E-state index contributed by atoms with van der Waals surface area (Å²) in [4.78, 5) is 29.4. The average Bonchev–Trinajstić information content (AvgIpc) is 2.90. The highest BCUT2D eigenvalue weighted by atomic mass is 16.5. The van der Waals surface area contributed by atoms with Crippen LogP contribution in [0.5, 0.6) is 11.5 Å². The Labute approximate surface area is 179 Å². The minimum absolute atomic E-state index is 0.00494. The lowest BCUT2D eigenvalue weighted by Gasteiger charge is -2.34. The van der Waals surface area contributed by atoms with Crippen LogP contribution in [-0.2, 0) is 16.0 Å². The summed E-state index contributed by atoms with van der Waals surface area (Å²) in [5, 5.41) is 0. The van der Waals surface area contributed by atoms with Gasteiger partial charge >= 0.3 is 0 Å². The molecule has 3 aliphatic rings. The van der Waals surface area contributed by atoms with E-state index in [-0.39, 0.29) is 24.0 Å². The fourth-order valence-corrected chi connectivity index (χ4v) is 4.86. The molecular formula is C24H34N2O4. The van der Waals surface area contributed by atoms with Crippen LogP contribution in [-0.4, -0.2) is 60.0 Å². The smallest absolute Gasteiger partial charge is 0.260 e. The Morgan fingerprint density at radius 2 is 1.73 bits per heavy atom. The van der Waals surface area contributed by atoms with Crippen molar-refractivity contribution in [3.63, 3.8) is 0 Å². The molecule has 1 aromatic rings. The number of piperidine rings is 1. The first kappa shape index (κ1) is 21.0. The van der Waals surface area contributed by atoms with Crippen LogP contribution in [0.15, 0.2) is 18.2 Å². The molecule has 164 valence electrons. The van der Waals surface area contributed by atoms with Gasteiger partial charge in [0.1, 0.15) is 5.60 Å². The van der Waals surface area contributed by atoms with Gasteiger partial charge in [0.2, 0.25) is 5.91 Å². The molecule has 0 aliphatic carbocycles. The fourth-order valence-electron chi connectivity index (χ4n) is 4.86. The van der Waals surface area contributed by atoms with Crippen LogP contribution < -0.4 is 9.47 Å². The van der Waals surface area contributed by atoms with E-state index in [1.54, 1.807) is 0 Å². The molecule has 4 rings (SSSR count). The second kappa shape index (κ2) is 8.86. The maximum Gasteiger partial charge on any atom is 0.260 e. The molecule has 30 heavy (non-hydrogen) atoms. The molecule has 0 unspecified atom stereocenters. The van der Waals surface area contributed by atoms with Gasteiger partial charge in [-0.15, -0.1) is 0 Å². The van der Waals surface area contributed by atoms with Crippen molar-refractivity contribution in [1.29, 1.82) is 0 Å². The first-order valence-electron chi connectivity index (χ1n) is 11.4. The Bertz CT molecular complexity index is 775. The molecule has 1 aromatic carbocycles. The van der Waals surface area contributed by atoms with Crippen LogP contribution in [0.1, 0.15) is 57.9 Å². The van der Waals surface area contributed by atoms with E-state index in [1.807, 2.05) is 23.1 Å². The normalized spacial score (nSPS) is 21.5. The predicted octanol–water partition coefficient (Wildman–Crippen LogP) is 3.42. The van der Waals surface area contributed by atoms with Crippen LogP contribution in [0.2, 0.25) is 0 Å². The zero-order valence-corrected chi connectivity index (χ0v) is 18.3. The minimum atomic E-state index is -0.242. The highest BCUT2D eigenvalue weighted by Crippen LogP contribution is 2.41. The zero-order chi connectivity index (χ0) is 21.1. The average molecular weight is 415 g/mol. The van der Waals surface area contributed by atoms with Crippen molar-refractivity contribution in [1.82, 2.24) is 9.80 Å². The monoisotopic (exact) mass is 414 g/mol. The van der Waals surface area contributed by atoms with Gasteiger partial charge < -0.3 is 19.3 Å². The van der Waals surface area contributed by atoms with Gasteiger partial charge in [-0.1, -0.05) is 25.0 Å². The number of ether oxygens (including phenoxy) is 2. The van der Waals surface area contributed by atoms with Crippen molar-refractivity contribution in [2.75, 3.05) is 32.8 Å². The fraction of sp³-hybridized carbons (Fsp3) is 0.667. The SMILES string of the molecule is CC1(C)Cc2cccc(OCC(=O)N3CCC(C(=O)N4CCCCCC4)CC3)c2O1. The summed E-state index contributed by atoms with van der Waals surface area (Å²) >= 11 is 0. The van der Waals surface area contributed by atoms with E-state index < -0.39 is 0 Å². The molecule has 0 atom stereocenters. The number of carbonyl (C=O) groups is 2. The summed E-state index contributed by atoms with van der Waals surface area (Å²) < 4.78 is 11.9. The van der Waals surface area contributed by atoms with Gasteiger partial charge in [0.15, 0.2) is 18.1 Å². The molecule has 6 nitrogen and oxygen atoms in total. The molecule has 0 spiro atoms. The second-order valence-corrected chi connectivity index (χ2v) is 9.47. The van der Waals surface area contributed by atoms with E-state index in [1.165, 1.54) is 12.8 Å². The van der Waals surface area contributed by atoms with Gasteiger partial charge in [0, 0.05) is 44.1 Å². The first-order chi connectivity index (χ1) is 14.4. The largest absolute Gasteiger partial charge is 0.483 e. The van der Waals surface area contributed by atoms with E-state index in [4.69, 9.17) is 9.47 Å². The van der Waals surface area contributed by atoms with E-state index in [9.17, 15) is 9.59 Å². The topological polar surface area (TPSA) is 59.1 Å². The molecule has 6 heteroatoms. The Kier molecular flexibility index (Phi) is 6.21. The van der Waals surface area contributed by atoms with Crippen molar-refractivity contribution in [2.45, 2.75) is 64.4 Å². The molecule has 2 amide bonds. The summed E-state index contributed by atoms with van der Waals surface area (Å²) in [5.41, 5.74) is 0.880. The number of para-hydroxylation sites is 1. The van der Waals surface area contributed by atoms with Gasteiger partial charge in [-0.05, 0) is 45.6 Å². The third-order valence-electron chi connectivity index (χ3n) is 6.52. The summed E-state index contributed by atoms with van der Waals surface area (Å²) in [6.45, 7) is 7.16. The van der Waals surface area contributed by atoms with Crippen LogP contribution in [0.25, 0.3) is 0 Å². The van der Waals surface area contributed by atoms with Gasteiger partial charge in [0.05, 0.1) is 0 Å². The maximum atomic E-state index is 12.8. The highest BCUT2D eigenvalue weighted by molar-refractivity contribution is 5.81. The van der Waals surface area contributed by atoms with Gasteiger partial charge in [-0.2, -0.15) is 0 Å². The Morgan fingerprint density at radius 1 is 1.03 bits per heavy atom. The number of benzene rings is 1. The van der Waals surface area contributed by atoms with E-state index in [2.05, 4.69) is 18.7 Å². The van der Waals surface area contributed by atoms with Crippen molar-refractivity contribution in [3.8, 4) is 11.5 Å². The van der Waals surface area contributed by atoms with E-state index in [0.717, 1.165) is 56.5 Å². The quantitative estimate of drug-likeness (QED) is 0.758. The standard InChI is InChI=1S/C24H34N2O4/c1-24(2)16-19-8-7-9-20(22(19)30-24)29-17-21(27)25-14-10-18(11-15-25)23(28)26-12-5-3-4-6-13-26/h7-9,18H,3-6,10-17H2,1-2H3. The van der Waals surface area contributed by atoms with Crippen molar-refractivity contribution in [2.24, 2.45) is 5.92 Å². The molecule has 0 bridgehead atoms. The molecule has 3 aliphatic heterocycles. The molecule has 3 heterocycles. The van der Waals surface area contributed by atoms with E-state index >= 15 is 0 Å². The lowest BCUT2D eigenvalue weighted by molar-refractivity contribution is -0.141. The van der Waals surface area contributed by atoms with Gasteiger partial charge in [-0.25, -0.2) is 0 Å². The molecular weight excluding hydrogens is 380 g/mol. The van der Waals surface area contributed by atoms with Crippen LogP contribution in [0.4, 0.5) is 0 Å². The van der Waals surface area contributed by atoms with Crippen molar-refractivity contribution < 1.29 is 19.1 Å². The number of likely N-dealkylation sites (tertiary alicyclic amines) is 2. The van der Waals surface area contributed by atoms with Gasteiger partial charge in [0.25, 0.3) is 5.91 Å². The number of fused-ring (bicyclic) bond motifs is 1. The van der Waals surface area contributed by atoms with Crippen LogP contribution in [0, 0.1) is 5.92 Å². The number of carbonyl (C=O) groups excluding carboxylic acids is 2. The summed E-state index contributed by atoms with van der Waals surface area (Å²) in [5.74, 6) is 1.72. The number of hydrogen-bond acceptors (Lipinski definition) is 4. The Morgan fingerprint density at radius 3 is 2.43 bits per heavy atom. The molecule has 0 saturated carbocycles. The molecule has 0 N–H and O–H groups in total. The lowest BCUT2D eigenvalue weighted by atomic mass is 9.95. The van der Waals surface area contributed by atoms with E-state index in [0.29, 0.717) is 24.7 Å². The Balaban J connectivity index is 1.27. The van der Waals surface area contributed by atoms with Gasteiger partial charge in [-0.3, -0.25) is 9.59 Å². The van der Waals surface area contributed by atoms with Crippen molar-refractivity contribution >= 4 is 11.8 Å².